The van der Waals surface area contributed by atoms with E-state index < -0.39 is 104 Å². The predicted molar refractivity (Wildman–Crippen MR) is 140 cm³/mol. The van der Waals surface area contributed by atoms with Gasteiger partial charge in [-0.3, -0.25) is 37.2 Å². The van der Waals surface area contributed by atoms with Crippen LogP contribution in [-0.4, -0.2) is 78.2 Å². The van der Waals surface area contributed by atoms with E-state index in [0.717, 1.165) is 16.8 Å². The number of hydrogen-bond donors (Lipinski definition) is 5. The first-order valence-electron chi connectivity index (χ1n) is 12.8. The topological polar surface area (TPSA) is 402 Å². The standard InChI is InChI=1S/C18H27N5O21P4.2K.2Na/c19-11-1-3-22(17(28)20-11)13-5-8(24)9(40-13)6-38-45(30,31)42-47(34,35)44-48(36,37)43-46(32,33)39-7-10-14(26)15(27)16(41-10)23-4-2-12(25)21-18(23)29;;;;/h1-4,8-10,13-16,24,26-27H,5-7H2,(H,30,31)(H,32,33)(H,34,35)(H,36,37)(H2,19,20,28)(H,21,25,29);;;;/q;4*+1/p-4/t8-,9+,10+,13+,14+,15+,16+;;;;/m0..../s1. The Balaban J connectivity index is 0.00000650. The van der Waals surface area contributed by atoms with Crippen LogP contribution in [0.15, 0.2) is 38.9 Å². The van der Waals surface area contributed by atoms with Gasteiger partial charge in [0.2, 0.25) is 0 Å². The molecule has 0 aliphatic carbocycles. The Kier molecular flexibility index (Phi) is 23.9. The van der Waals surface area contributed by atoms with Crippen LogP contribution in [0.5, 0.6) is 0 Å². The van der Waals surface area contributed by atoms with E-state index in [1.807, 2.05) is 4.98 Å². The Morgan fingerprint density at radius 3 is 1.83 bits per heavy atom. The fourth-order valence-electron chi connectivity index (χ4n) is 4.18. The first-order valence-corrected chi connectivity index (χ1v) is 18.6. The molecular weight excluding hydrogens is 870 g/mol. The van der Waals surface area contributed by atoms with Crippen LogP contribution < -0.4 is 204 Å². The number of nitrogens with one attached hydrogen (secondary N) is 1. The van der Waals surface area contributed by atoms with Gasteiger partial charge in [0.15, 0.2) is 6.23 Å². The molecule has 2 fully saturated rings. The van der Waals surface area contributed by atoms with Gasteiger partial charge in [0.05, 0.1) is 19.3 Å². The summed E-state index contributed by atoms with van der Waals surface area (Å²) < 4.78 is 79.0. The number of aromatic nitrogens is 4. The van der Waals surface area contributed by atoms with Gasteiger partial charge in [0, 0.05) is 24.9 Å². The van der Waals surface area contributed by atoms with Crippen molar-refractivity contribution in [2.24, 2.45) is 0 Å². The van der Waals surface area contributed by atoms with Crippen LogP contribution in [0.3, 0.4) is 0 Å². The van der Waals surface area contributed by atoms with Crippen molar-refractivity contribution < 1.29 is 246 Å². The molecule has 0 spiro atoms. The number of nitrogens with two attached hydrogens (primary N) is 1. The second-order valence-electron chi connectivity index (χ2n) is 9.66. The van der Waals surface area contributed by atoms with Crippen molar-refractivity contribution in [3.05, 3.63) is 55.8 Å². The number of rotatable bonds is 14. The molecule has 52 heavy (non-hydrogen) atoms. The molecule has 4 rings (SSSR count). The zero-order chi connectivity index (χ0) is 35.8. The average Bonchev–Trinajstić information content (AvgIpc) is 3.42. The molecule has 0 bridgehead atoms. The fourth-order valence-corrected chi connectivity index (χ4v) is 8.93. The molecule has 34 heteroatoms. The van der Waals surface area contributed by atoms with E-state index in [9.17, 15) is 67.5 Å². The van der Waals surface area contributed by atoms with Gasteiger partial charge in [-0.15, -0.1) is 0 Å². The van der Waals surface area contributed by atoms with Gasteiger partial charge in [-0.25, -0.2) is 22.5 Å². The Labute approximate surface area is 419 Å². The molecule has 0 radical (unpaired) electrons. The van der Waals surface area contributed by atoms with Crippen molar-refractivity contribution in [1.82, 2.24) is 19.1 Å². The molecule has 26 nitrogen and oxygen atoms in total. The third-order valence-electron chi connectivity index (χ3n) is 6.22. The summed E-state index contributed by atoms with van der Waals surface area (Å²) in [5.74, 6) is -0.125. The summed E-state index contributed by atoms with van der Waals surface area (Å²) >= 11 is 0. The largest absolute Gasteiger partial charge is 1.00 e. The molecule has 4 unspecified atom stereocenters. The van der Waals surface area contributed by atoms with Crippen molar-refractivity contribution in [3.8, 4) is 0 Å². The molecule has 6 N–H and O–H groups in total. The van der Waals surface area contributed by atoms with Gasteiger partial charge < -0.3 is 59.1 Å². The SMILES string of the molecule is Nc1ccn([C@H]2C[C@H](O)[C@@H](COP(=O)([O-])OP(=O)([O-])OP(=O)([O-])OP(=O)([O-])OC[C@H]3O[C@@H](n4ccc(=O)[nH]c4=O)[C@H](O)[C@@H]3O)O2)c(=O)n1.[K+].[K+].[Na+].[Na+]. The molecule has 270 valence electrons. The summed E-state index contributed by atoms with van der Waals surface area (Å²) in [4.78, 5) is 88.4. The molecule has 2 aliphatic rings. The van der Waals surface area contributed by atoms with Gasteiger partial charge in [0.1, 0.15) is 36.5 Å². The summed E-state index contributed by atoms with van der Waals surface area (Å²) in [7, 11) is -25.4. The van der Waals surface area contributed by atoms with Gasteiger partial charge in [-0.05, 0) is 6.07 Å². The minimum Gasteiger partial charge on any atom is -0.756 e. The monoisotopic (exact) mass is 893 g/mol. The summed E-state index contributed by atoms with van der Waals surface area (Å²) in [6.45, 7) is -2.44. The Hall–Kier alpha value is 2.99. The normalized spacial score (nSPS) is 28.6. The van der Waals surface area contributed by atoms with E-state index in [1.54, 1.807) is 0 Å². The van der Waals surface area contributed by atoms with Gasteiger partial charge >= 0.3 is 173 Å². The van der Waals surface area contributed by atoms with E-state index in [1.165, 1.54) is 12.3 Å². The molecule has 2 saturated heterocycles. The number of phosphoric ester groups is 2. The first-order chi connectivity index (χ1) is 22.1. The maximum absolute atomic E-state index is 12.0. The molecule has 4 heterocycles. The fraction of sp³-hybridized carbons (Fsp3) is 0.556. The molecule has 0 saturated carbocycles. The number of aliphatic hydroxyl groups excluding tert-OH is 3. The number of aromatic amines is 1. The van der Waals surface area contributed by atoms with Crippen molar-refractivity contribution in [1.29, 1.82) is 0 Å². The van der Waals surface area contributed by atoms with Crippen LogP contribution in [0.4, 0.5) is 5.82 Å². The van der Waals surface area contributed by atoms with Crippen LogP contribution in [0.2, 0.25) is 0 Å². The number of aliphatic hydroxyl groups is 3. The molecule has 2 aliphatic heterocycles. The molecule has 2 aromatic heterocycles. The Morgan fingerprint density at radius 2 is 1.31 bits per heavy atom. The summed E-state index contributed by atoms with van der Waals surface area (Å²) in [5, 5.41) is 30.4. The minimum absolute atomic E-state index is 0. The number of hydrogen-bond acceptors (Lipinski definition) is 23. The van der Waals surface area contributed by atoms with Crippen molar-refractivity contribution in [3.63, 3.8) is 0 Å². The van der Waals surface area contributed by atoms with Crippen molar-refractivity contribution >= 4 is 37.1 Å². The van der Waals surface area contributed by atoms with E-state index in [-0.39, 0.29) is 174 Å². The van der Waals surface area contributed by atoms with Gasteiger partial charge in [-0.2, -0.15) is 4.98 Å². The molecular formula is C18H23K2N5Na2O21P4. The van der Waals surface area contributed by atoms with Crippen LogP contribution in [0.1, 0.15) is 18.9 Å². The number of ether oxygens (including phenoxy) is 2. The van der Waals surface area contributed by atoms with Crippen LogP contribution in [-0.2, 0) is 49.7 Å². The third-order valence-corrected chi connectivity index (χ3v) is 12.0. The second kappa shape index (κ2) is 22.6. The molecule has 0 amide bonds. The number of anilines is 1. The molecule has 2 aromatic rings. The number of H-pyrrole nitrogens is 1. The minimum atomic E-state index is -6.59. The second-order valence-corrected chi connectivity index (χ2v) is 15.7. The smallest absolute Gasteiger partial charge is 0.756 e. The summed E-state index contributed by atoms with van der Waals surface area (Å²) in [5.41, 5.74) is 2.58. The van der Waals surface area contributed by atoms with Crippen LogP contribution >= 0.6 is 31.3 Å². The van der Waals surface area contributed by atoms with E-state index in [4.69, 9.17) is 15.2 Å². The predicted octanol–water partition coefficient (Wildman–Crippen LogP) is -17.4. The van der Waals surface area contributed by atoms with Crippen LogP contribution in [0, 0.1) is 0 Å². The molecule has 0 aromatic carbocycles. The third kappa shape index (κ3) is 15.9. The number of phosphoric acid groups is 4. The van der Waals surface area contributed by atoms with Gasteiger partial charge in [-0.1, -0.05) is 0 Å². The molecule has 11 atom stereocenters. The zero-order valence-corrected chi connectivity index (χ0v) is 41.2. The van der Waals surface area contributed by atoms with E-state index in [0.29, 0.717) is 4.57 Å². The van der Waals surface area contributed by atoms with Crippen LogP contribution in [0.25, 0.3) is 0 Å². The maximum Gasteiger partial charge on any atom is 1.00 e. The quantitative estimate of drug-likeness (QED) is 0.0868. The summed E-state index contributed by atoms with van der Waals surface area (Å²) in [6, 6.07) is 2.07. The number of nitrogen functional groups attached to an aromatic ring is 1. The first kappa shape index (κ1) is 55.0. The van der Waals surface area contributed by atoms with Crippen molar-refractivity contribution in [2.45, 2.75) is 49.4 Å². The van der Waals surface area contributed by atoms with E-state index in [2.05, 4.69) is 27.0 Å². The van der Waals surface area contributed by atoms with E-state index >= 15 is 0 Å². The van der Waals surface area contributed by atoms with Gasteiger partial charge in [0.25, 0.3) is 36.9 Å². The Bertz CT molecular complexity index is 1890. The zero-order valence-electron chi connectivity index (χ0n) is 27.4. The average molecular weight is 893 g/mol. The Morgan fingerprint density at radius 1 is 0.808 bits per heavy atom. The van der Waals surface area contributed by atoms with Crippen molar-refractivity contribution in [2.75, 3.05) is 18.9 Å². The number of nitrogens with zero attached hydrogens (tertiary/aromatic N) is 3. The maximum atomic E-state index is 12.0. The summed E-state index contributed by atoms with van der Waals surface area (Å²) in [6.07, 6.45) is -9.78.